The highest BCUT2D eigenvalue weighted by molar-refractivity contribution is 5.64. The summed E-state index contributed by atoms with van der Waals surface area (Å²) in [5.74, 6) is -0.957. The molecule has 15 heavy (non-hydrogen) atoms. The van der Waals surface area contributed by atoms with Gasteiger partial charge in [0.25, 0.3) is 0 Å². The molecule has 0 spiro atoms. The number of hydrogen-bond acceptors (Lipinski definition) is 3. The Balaban J connectivity index is 2.00. The second-order valence-corrected chi connectivity index (χ2v) is 3.40. The van der Waals surface area contributed by atoms with Crippen LogP contribution in [0.15, 0.2) is 24.5 Å². The van der Waals surface area contributed by atoms with Crippen LogP contribution in [0.3, 0.4) is 0 Å². The molecular weight excluding hydrogens is 192 g/mol. The number of carboxylic acids is 1. The Morgan fingerprint density at radius 3 is 2.67 bits per heavy atom. The third-order valence-corrected chi connectivity index (χ3v) is 2.11. The van der Waals surface area contributed by atoms with E-state index in [0.717, 1.165) is 25.1 Å². The van der Waals surface area contributed by atoms with Crippen molar-refractivity contribution in [2.24, 2.45) is 0 Å². The molecular formula is C11H16N2O2. The fraction of sp³-hybridized carbons (Fsp3) is 0.455. The largest absolute Gasteiger partial charge is 0.550 e. The van der Waals surface area contributed by atoms with Crippen LogP contribution in [0, 0.1) is 0 Å². The molecule has 0 unspecified atom stereocenters. The minimum absolute atomic E-state index is 0.167. The molecule has 0 aliphatic carbocycles. The van der Waals surface area contributed by atoms with Gasteiger partial charge in [0, 0.05) is 30.3 Å². The van der Waals surface area contributed by atoms with Crippen molar-refractivity contribution in [3.05, 3.63) is 24.5 Å². The quantitative estimate of drug-likeness (QED) is 0.652. The fourth-order valence-electron chi connectivity index (χ4n) is 1.31. The number of aromatic amines is 1. The zero-order chi connectivity index (χ0) is 10.9. The molecule has 0 fully saturated rings. The Labute approximate surface area is 89.3 Å². The van der Waals surface area contributed by atoms with Crippen LogP contribution in [0.2, 0.25) is 0 Å². The highest BCUT2D eigenvalue weighted by atomic mass is 16.4. The molecule has 1 aromatic heterocycles. The lowest BCUT2D eigenvalue weighted by Crippen LogP contribution is -2.21. The number of hydrogen-bond donors (Lipinski definition) is 1. The van der Waals surface area contributed by atoms with Crippen LogP contribution in [-0.4, -0.2) is 12.5 Å². The Morgan fingerprint density at radius 2 is 2.00 bits per heavy atom. The third-order valence-electron chi connectivity index (χ3n) is 2.11. The molecule has 0 atom stereocenters. The van der Waals surface area contributed by atoms with Gasteiger partial charge in [0.05, 0.1) is 0 Å². The van der Waals surface area contributed by atoms with E-state index in [-0.39, 0.29) is 6.42 Å². The van der Waals surface area contributed by atoms with Gasteiger partial charge in [0.2, 0.25) is 0 Å². The Kier molecular flexibility index (Phi) is 5.22. The number of carbonyl (C=O) groups is 1. The van der Waals surface area contributed by atoms with Crippen molar-refractivity contribution in [3.63, 3.8) is 0 Å². The maximum absolute atomic E-state index is 10.1. The van der Waals surface area contributed by atoms with Gasteiger partial charge in [-0.15, -0.1) is 0 Å². The molecule has 0 amide bonds. The Bertz CT molecular complexity index is 288. The maximum atomic E-state index is 10.1. The van der Waals surface area contributed by atoms with Gasteiger partial charge in [-0.25, -0.2) is 4.98 Å². The maximum Gasteiger partial charge on any atom is 0.169 e. The molecule has 0 aliphatic rings. The van der Waals surface area contributed by atoms with Gasteiger partial charge in [0.15, 0.2) is 12.4 Å². The highest BCUT2D eigenvalue weighted by Crippen LogP contribution is 2.03. The number of anilines is 1. The van der Waals surface area contributed by atoms with Crippen molar-refractivity contribution in [2.45, 2.75) is 25.7 Å². The van der Waals surface area contributed by atoms with Crippen molar-refractivity contribution in [1.29, 1.82) is 0 Å². The van der Waals surface area contributed by atoms with Crippen LogP contribution < -0.4 is 15.4 Å². The normalized spacial score (nSPS) is 9.87. The predicted molar refractivity (Wildman–Crippen MR) is 55.0 cm³/mol. The van der Waals surface area contributed by atoms with Crippen molar-refractivity contribution < 1.29 is 14.9 Å². The van der Waals surface area contributed by atoms with Gasteiger partial charge in [-0.05, 0) is 19.3 Å². The van der Waals surface area contributed by atoms with Gasteiger partial charge in [-0.2, -0.15) is 0 Å². The van der Waals surface area contributed by atoms with E-state index in [2.05, 4.69) is 10.3 Å². The fourth-order valence-corrected chi connectivity index (χ4v) is 1.31. The van der Waals surface area contributed by atoms with E-state index in [0.29, 0.717) is 6.42 Å². The van der Waals surface area contributed by atoms with Gasteiger partial charge < -0.3 is 15.2 Å². The summed E-state index contributed by atoms with van der Waals surface area (Å²) in [5.41, 5.74) is 1.08. The van der Waals surface area contributed by atoms with Crippen LogP contribution in [-0.2, 0) is 4.79 Å². The second-order valence-electron chi connectivity index (χ2n) is 3.40. The first-order valence-electron chi connectivity index (χ1n) is 5.19. The number of carbonyl (C=O) groups excluding carboxylic acids is 1. The van der Waals surface area contributed by atoms with Crippen LogP contribution >= 0.6 is 0 Å². The lowest BCUT2D eigenvalue weighted by Gasteiger charge is -2.05. The molecule has 2 N–H and O–H groups in total. The van der Waals surface area contributed by atoms with Crippen LogP contribution in [0.25, 0.3) is 0 Å². The second kappa shape index (κ2) is 6.81. The van der Waals surface area contributed by atoms with Crippen LogP contribution in [0.1, 0.15) is 25.7 Å². The molecule has 1 aromatic rings. The molecule has 0 saturated heterocycles. The van der Waals surface area contributed by atoms with E-state index < -0.39 is 5.97 Å². The Hall–Kier alpha value is -1.58. The standard InChI is InChI=1S/C11H16N2O2/c14-11(15)4-2-1-3-7-13-10-5-8-12-9-6-10/h5-6,8-9H,1-4,7H2,(H,12,13)(H,14,15). The average molecular weight is 208 g/mol. The summed E-state index contributed by atoms with van der Waals surface area (Å²) < 4.78 is 0. The number of aliphatic carboxylic acids is 1. The number of nitrogens with one attached hydrogen (secondary N) is 2. The van der Waals surface area contributed by atoms with E-state index >= 15 is 0 Å². The zero-order valence-electron chi connectivity index (χ0n) is 8.66. The number of rotatable bonds is 7. The van der Waals surface area contributed by atoms with Crippen molar-refractivity contribution in [1.82, 2.24) is 0 Å². The van der Waals surface area contributed by atoms with Crippen LogP contribution in [0.5, 0.6) is 0 Å². The molecule has 0 aliphatic heterocycles. The first-order chi connectivity index (χ1) is 7.29. The summed E-state index contributed by atoms with van der Waals surface area (Å²) in [6.07, 6.45) is 6.48. The number of H-pyrrole nitrogens is 1. The number of carboxylic acid groups (broad SMARTS) is 1. The van der Waals surface area contributed by atoms with Crippen molar-refractivity contribution >= 4 is 11.7 Å². The van der Waals surface area contributed by atoms with Crippen molar-refractivity contribution in [2.75, 3.05) is 11.9 Å². The lowest BCUT2D eigenvalue weighted by atomic mass is 10.2. The van der Waals surface area contributed by atoms with Crippen molar-refractivity contribution in [3.8, 4) is 0 Å². The lowest BCUT2D eigenvalue weighted by molar-refractivity contribution is -0.377. The van der Waals surface area contributed by atoms with Gasteiger partial charge in [0.1, 0.15) is 0 Å². The minimum Gasteiger partial charge on any atom is -0.550 e. The molecule has 0 radical (unpaired) electrons. The van der Waals surface area contributed by atoms with Gasteiger partial charge in [-0.1, -0.05) is 6.42 Å². The molecule has 82 valence electrons. The van der Waals surface area contributed by atoms with Crippen LogP contribution in [0.4, 0.5) is 5.69 Å². The summed E-state index contributed by atoms with van der Waals surface area (Å²) in [7, 11) is 0. The van der Waals surface area contributed by atoms with Gasteiger partial charge in [-0.3, -0.25) is 0 Å². The molecule has 4 nitrogen and oxygen atoms in total. The summed E-state index contributed by atoms with van der Waals surface area (Å²) in [5, 5.41) is 13.4. The summed E-state index contributed by atoms with van der Waals surface area (Å²) in [6.45, 7) is 0.872. The molecule has 1 heterocycles. The molecule has 4 heteroatoms. The monoisotopic (exact) mass is 208 g/mol. The zero-order valence-corrected chi connectivity index (χ0v) is 8.66. The summed E-state index contributed by atoms with van der Waals surface area (Å²) >= 11 is 0. The highest BCUT2D eigenvalue weighted by Gasteiger charge is 1.93. The first-order valence-corrected chi connectivity index (χ1v) is 5.19. The smallest absolute Gasteiger partial charge is 0.169 e. The Morgan fingerprint density at radius 1 is 1.27 bits per heavy atom. The number of unbranched alkanes of at least 4 members (excludes halogenated alkanes) is 2. The van der Waals surface area contributed by atoms with E-state index in [4.69, 9.17) is 0 Å². The van der Waals surface area contributed by atoms with E-state index in [1.54, 1.807) is 0 Å². The molecule has 0 aromatic carbocycles. The molecule has 1 rings (SSSR count). The number of aromatic nitrogens is 1. The van der Waals surface area contributed by atoms with E-state index in [1.165, 1.54) is 0 Å². The molecule has 0 saturated carbocycles. The summed E-state index contributed by atoms with van der Waals surface area (Å²) in [4.78, 5) is 13.1. The topological polar surface area (TPSA) is 66.3 Å². The summed E-state index contributed by atoms with van der Waals surface area (Å²) in [6, 6.07) is 3.92. The molecule has 0 bridgehead atoms. The first kappa shape index (κ1) is 11.5. The third kappa shape index (κ3) is 5.67. The number of pyridine rings is 1. The predicted octanol–water partition coefficient (Wildman–Crippen LogP) is 0.223. The van der Waals surface area contributed by atoms with Gasteiger partial charge >= 0.3 is 0 Å². The minimum atomic E-state index is -0.957. The van der Waals surface area contributed by atoms with E-state index in [1.807, 2.05) is 24.5 Å². The average Bonchev–Trinajstić information content (AvgIpc) is 2.24. The van der Waals surface area contributed by atoms with E-state index in [9.17, 15) is 9.90 Å². The SMILES string of the molecule is O=C([O-])CCCCCNc1cc[nH+]cc1.